The van der Waals surface area contributed by atoms with Gasteiger partial charge in [-0.2, -0.15) is 0 Å². The fraction of sp³-hybridized carbons (Fsp3) is 0.0870. The second-order valence-corrected chi connectivity index (χ2v) is 7.05. The van der Waals surface area contributed by atoms with Crippen molar-refractivity contribution in [3.05, 3.63) is 90.0 Å². The summed E-state index contributed by atoms with van der Waals surface area (Å²) in [6.45, 7) is 0.0847. The van der Waals surface area contributed by atoms with Crippen molar-refractivity contribution >= 4 is 11.7 Å². The van der Waals surface area contributed by atoms with Gasteiger partial charge in [0.05, 0.1) is 23.8 Å². The first-order chi connectivity index (χ1) is 14.9. The number of hydrogen-bond donors (Lipinski definition) is 2. The number of nitrogens with two attached hydrogens (primary N) is 1. The van der Waals surface area contributed by atoms with Crippen LogP contribution in [0.15, 0.2) is 67.3 Å². The van der Waals surface area contributed by atoms with E-state index in [4.69, 9.17) is 5.73 Å². The topological polar surface area (TPSA) is 85.8 Å². The number of aryl methyl sites for hydroxylation is 1. The first-order valence-corrected chi connectivity index (χ1v) is 9.47. The van der Waals surface area contributed by atoms with Gasteiger partial charge in [0.25, 0.3) is 5.91 Å². The molecule has 6 nitrogen and oxygen atoms in total. The normalized spacial score (nSPS) is 10.8. The summed E-state index contributed by atoms with van der Waals surface area (Å²) in [5.74, 6) is -1.45. The van der Waals surface area contributed by atoms with E-state index in [2.05, 4.69) is 15.3 Å². The number of aromatic nitrogens is 3. The molecule has 0 aliphatic rings. The van der Waals surface area contributed by atoms with Gasteiger partial charge < -0.3 is 15.6 Å². The molecule has 0 fully saturated rings. The van der Waals surface area contributed by atoms with Crippen molar-refractivity contribution in [1.29, 1.82) is 0 Å². The summed E-state index contributed by atoms with van der Waals surface area (Å²) in [5, 5.41) is 2.60. The molecule has 0 unspecified atom stereocenters. The molecule has 0 spiro atoms. The number of carbonyl (C=O) groups is 1. The zero-order valence-electron chi connectivity index (χ0n) is 16.6. The lowest BCUT2D eigenvalue weighted by atomic mass is 10.0. The van der Waals surface area contributed by atoms with Crippen molar-refractivity contribution in [3.8, 4) is 22.4 Å². The van der Waals surface area contributed by atoms with Crippen molar-refractivity contribution in [2.45, 2.75) is 6.54 Å². The molecule has 0 saturated heterocycles. The number of benzene rings is 2. The average Bonchev–Trinajstić information content (AvgIpc) is 3.18. The number of nitrogens with one attached hydrogen (secondary N) is 1. The lowest BCUT2D eigenvalue weighted by Crippen LogP contribution is -2.23. The lowest BCUT2D eigenvalue weighted by Gasteiger charge is -2.11. The van der Waals surface area contributed by atoms with Crippen LogP contribution < -0.4 is 11.1 Å². The number of nitrogen functional groups attached to an aromatic ring is 1. The minimum absolute atomic E-state index is 0.0847. The molecule has 3 N–H and O–H groups in total. The molecule has 156 valence electrons. The smallest absolute Gasteiger partial charge is 0.254 e. The first kappa shape index (κ1) is 20.2. The van der Waals surface area contributed by atoms with E-state index in [1.807, 2.05) is 11.6 Å². The maximum absolute atomic E-state index is 14.7. The highest BCUT2D eigenvalue weighted by Gasteiger charge is 2.15. The van der Waals surface area contributed by atoms with Gasteiger partial charge in [-0.05, 0) is 41.5 Å². The molecule has 0 radical (unpaired) electrons. The molecule has 2 aromatic heterocycles. The third kappa shape index (κ3) is 4.28. The van der Waals surface area contributed by atoms with Gasteiger partial charge in [0, 0.05) is 30.9 Å². The molecule has 2 heterocycles. The largest absolute Gasteiger partial charge is 0.383 e. The van der Waals surface area contributed by atoms with E-state index in [-0.39, 0.29) is 17.9 Å². The lowest BCUT2D eigenvalue weighted by molar-refractivity contribution is 0.0947. The maximum Gasteiger partial charge on any atom is 0.254 e. The highest BCUT2D eigenvalue weighted by Crippen LogP contribution is 2.30. The van der Waals surface area contributed by atoms with E-state index in [0.717, 1.165) is 11.3 Å². The van der Waals surface area contributed by atoms with Crippen molar-refractivity contribution in [3.63, 3.8) is 0 Å². The van der Waals surface area contributed by atoms with E-state index in [1.54, 1.807) is 43.0 Å². The van der Waals surface area contributed by atoms with Gasteiger partial charge in [-0.25, -0.2) is 18.7 Å². The highest BCUT2D eigenvalue weighted by molar-refractivity contribution is 5.95. The Bertz CT molecular complexity index is 1270. The molecule has 8 heteroatoms. The van der Waals surface area contributed by atoms with Crippen molar-refractivity contribution in [2.24, 2.45) is 7.05 Å². The predicted molar refractivity (Wildman–Crippen MR) is 114 cm³/mol. The molecule has 0 aliphatic carbocycles. The summed E-state index contributed by atoms with van der Waals surface area (Å²) >= 11 is 0. The average molecular weight is 419 g/mol. The number of nitrogens with zero attached hydrogens (tertiary/aromatic N) is 3. The van der Waals surface area contributed by atoms with Gasteiger partial charge in [0.2, 0.25) is 0 Å². The second-order valence-electron chi connectivity index (χ2n) is 7.05. The quantitative estimate of drug-likeness (QED) is 0.513. The van der Waals surface area contributed by atoms with Crippen LogP contribution in [0.4, 0.5) is 14.6 Å². The summed E-state index contributed by atoms with van der Waals surface area (Å²) < 4.78 is 29.9. The Kier molecular flexibility index (Phi) is 5.44. The number of rotatable bonds is 5. The molecule has 0 saturated carbocycles. The zero-order valence-corrected chi connectivity index (χ0v) is 16.6. The number of amides is 1. The van der Waals surface area contributed by atoms with Crippen molar-refractivity contribution < 1.29 is 13.6 Å². The predicted octanol–water partition coefficient (Wildman–Crippen LogP) is 3.94. The minimum Gasteiger partial charge on any atom is -0.383 e. The van der Waals surface area contributed by atoms with Crippen molar-refractivity contribution in [2.75, 3.05) is 5.73 Å². The fourth-order valence-electron chi connectivity index (χ4n) is 3.27. The third-order valence-electron chi connectivity index (χ3n) is 4.90. The van der Waals surface area contributed by atoms with Gasteiger partial charge in [-0.15, -0.1) is 0 Å². The number of anilines is 1. The molecular weight excluding hydrogens is 400 g/mol. The van der Waals surface area contributed by atoms with Crippen LogP contribution in [-0.4, -0.2) is 20.4 Å². The number of pyridine rings is 1. The van der Waals surface area contributed by atoms with Crippen LogP contribution in [-0.2, 0) is 13.6 Å². The Morgan fingerprint density at radius 3 is 2.65 bits per heavy atom. The Balaban J connectivity index is 1.57. The van der Waals surface area contributed by atoms with E-state index in [9.17, 15) is 13.6 Å². The Morgan fingerprint density at radius 1 is 1.10 bits per heavy atom. The Labute approximate surface area is 177 Å². The summed E-state index contributed by atoms with van der Waals surface area (Å²) in [6, 6.07) is 11.9. The summed E-state index contributed by atoms with van der Waals surface area (Å²) in [7, 11) is 1.86. The molecule has 1 amide bonds. The molecule has 0 bridgehead atoms. The van der Waals surface area contributed by atoms with Crippen molar-refractivity contribution in [1.82, 2.24) is 19.9 Å². The van der Waals surface area contributed by atoms with Gasteiger partial charge in [-0.3, -0.25) is 4.79 Å². The van der Waals surface area contributed by atoms with Crippen LogP contribution in [0.25, 0.3) is 22.4 Å². The standard InChI is InChI=1S/C23H19F2N5O/c1-30-13-27-12-21(30)16-8-19(22(26)28-11-16)15-5-6-18(20(25)9-15)23(31)29-10-14-3-2-4-17(24)7-14/h2-9,11-13H,10H2,1H3,(H2,26,28)(H,29,31). The molecule has 2 aromatic carbocycles. The Morgan fingerprint density at radius 2 is 1.94 bits per heavy atom. The monoisotopic (exact) mass is 419 g/mol. The molecule has 0 atom stereocenters. The van der Waals surface area contributed by atoms with E-state index in [0.29, 0.717) is 16.7 Å². The number of hydrogen-bond acceptors (Lipinski definition) is 4. The number of halogens is 2. The molecule has 4 rings (SSSR count). The highest BCUT2D eigenvalue weighted by atomic mass is 19.1. The van der Waals surface area contributed by atoms with Crippen LogP contribution in [0.5, 0.6) is 0 Å². The zero-order chi connectivity index (χ0) is 22.0. The fourth-order valence-corrected chi connectivity index (χ4v) is 3.27. The van der Waals surface area contributed by atoms with Crippen LogP contribution in [0, 0.1) is 11.6 Å². The second kappa shape index (κ2) is 8.35. The van der Waals surface area contributed by atoms with Crippen LogP contribution in [0.1, 0.15) is 15.9 Å². The molecular formula is C23H19F2N5O. The molecule has 31 heavy (non-hydrogen) atoms. The van der Waals surface area contributed by atoms with Gasteiger partial charge >= 0.3 is 0 Å². The minimum atomic E-state index is -0.695. The number of imidazole rings is 1. The Hall–Kier alpha value is -4.07. The summed E-state index contributed by atoms with van der Waals surface area (Å²) in [5.41, 5.74) is 9.14. The summed E-state index contributed by atoms with van der Waals surface area (Å²) in [4.78, 5) is 20.7. The van der Waals surface area contributed by atoms with Gasteiger partial charge in [-0.1, -0.05) is 18.2 Å². The van der Waals surface area contributed by atoms with E-state index < -0.39 is 17.5 Å². The number of carbonyl (C=O) groups excluding carboxylic acids is 1. The first-order valence-electron chi connectivity index (χ1n) is 9.47. The van der Waals surface area contributed by atoms with E-state index in [1.165, 1.54) is 24.3 Å². The third-order valence-corrected chi connectivity index (χ3v) is 4.90. The van der Waals surface area contributed by atoms with Gasteiger partial charge in [0.1, 0.15) is 17.5 Å². The maximum atomic E-state index is 14.7. The SMILES string of the molecule is Cn1cncc1-c1cnc(N)c(-c2ccc(C(=O)NCc3cccc(F)c3)c(F)c2)c1. The van der Waals surface area contributed by atoms with Crippen LogP contribution >= 0.6 is 0 Å². The summed E-state index contributed by atoms with van der Waals surface area (Å²) in [6.07, 6.45) is 4.99. The van der Waals surface area contributed by atoms with Gasteiger partial charge in [0.15, 0.2) is 0 Å². The van der Waals surface area contributed by atoms with E-state index >= 15 is 0 Å². The van der Waals surface area contributed by atoms with Crippen LogP contribution in [0.3, 0.4) is 0 Å². The molecule has 4 aromatic rings. The van der Waals surface area contributed by atoms with Crippen LogP contribution in [0.2, 0.25) is 0 Å². The molecule has 0 aliphatic heterocycles.